The fourth-order valence-electron chi connectivity index (χ4n) is 1.93. The maximum Gasteiger partial charge on any atom is 0.307 e. The molecule has 7 nitrogen and oxygen atoms in total. The zero-order valence-corrected chi connectivity index (χ0v) is 10.5. The summed E-state index contributed by atoms with van der Waals surface area (Å²) in [6, 6.07) is 0. The van der Waals surface area contributed by atoms with Gasteiger partial charge in [-0.25, -0.2) is 0 Å². The van der Waals surface area contributed by atoms with Crippen LogP contribution < -0.4 is 11.1 Å². The molecule has 0 saturated heterocycles. The molecular weight excluding hydrogens is 252 g/mol. The Labute approximate surface area is 110 Å². The van der Waals surface area contributed by atoms with Crippen LogP contribution >= 0.6 is 0 Å². The molecule has 0 aliphatic heterocycles. The molecular formula is C12H18N2O5. The van der Waals surface area contributed by atoms with Crippen molar-refractivity contribution in [1.29, 1.82) is 0 Å². The van der Waals surface area contributed by atoms with Gasteiger partial charge in [0, 0.05) is 6.54 Å². The largest absolute Gasteiger partial charge is 0.481 e. The summed E-state index contributed by atoms with van der Waals surface area (Å²) in [6.07, 6.45) is 4.38. The predicted molar refractivity (Wildman–Crippen MR) is 66.0 cm³/mol. The lowest BCUT2D eigenvalue weighted by Gasteiger charge is -2.24. The molecule has 2 atom stereocenters. The van der Waals surface area contributed by atoms with Gasteiger partial charge < -0.3 is 20.9 Å². The number of rotatable bonds is 7. The third-order valence-electron chi connectivity index (χ3n) is 2.88. The number of carboxylic acid groups (broad SMARTS) is 1. The Hall–Kier alpha value is -1.89. The predicted octanol–water partition coefficient (Wildman–Crippen LogP) is -0.728. The number of ether oxygens (including phenoxy) is 1. The van der Waals surface area contributed by atoms with Crippen LogP contribution in [0.5, 0.6) is 0 Å². The minimum atomic E-state index is -0.963. The topological polar surface area (TPSA) is 119 Å². The Bertz CT molecular complexity index is 380. The Morgan fingerprint density at radius 1 is 1.26 bits per heavy atom. The number of aliphatic carboxylic acids is 1. The van der Waals surface area contributed by atoms with Gasteiger partial charge in [-0.05, 0) is 12.8 Å². The van der Waals surface area contributed by atoms with E-state index in [4.69, 9.17) is 15.6 Å². The molecule has 0 aromatic heterocycles. The fraction of sp³-hybridized carbons (Fsp3) is 0.583. The number of nitrogens with one attached hydrogen (secondary N) is 1. The maximum absolute atomic E-state index is 11.9. The summed E-state index contributed by atoms with van der Waals surface area (Å²) >= 11 is 0. The van der Waals surface area contributed by atoms with Crippen molar-refractivity contribution in [2.75, 3.05) is 19.8 Å². The molecule has 1 rings (SSSR count). The second-order valence-corrected chi connectivity index (χ2v) is 4.30. The molecule has 1 aliphatic rings. The van der Waals surface area contributed by atoms with Crippen molar-refractivity contribution >= 4 is 17.8 Å². The first kappa shape index (κ1) is 15.2. The van der Waals surface area contributed by atoms with Gasteiger partial charge >= 0.3 is 5.97 Å². The molecule has 0 heterocycles. The quantitative estimate of drug-likeness (QED) is 0.416. The lowest BCUT2D eigenvalue weighted by Crippen LogP contribution is -2.40. The number of amides is 2. The third kappa shape index (κ3) is 5.09. The minimum absolute atomic E-state index is 0.162. The van der Waals surface area contributed by atoms with E-state index in [1.54, 1.807) is 6.08 Å². The molecule has 0 bridgehead atoms. The van der Waals surface area contributed by atoms with E-state index in [-0.39, 0.29) is 25.7 Å². The van der Waals surface area contributed by atoms with Crippen LogP contribution in [-0.4, -0.2) is 42.6 Å². The third-order valence-corrected chi connectivity index (χ3v) is 2.88. The van der Waals surface area contributed by atoms with E-state index in [0.29, 0.717) is 12.8 Å². The molecule has 0 unspecified atom stereocenters. The summed E-state index contributed by atoms with van der Waals surface area (Å²) in [4.78, 5) is 33.3. The van der Waals surface area contributed by atoms with E-state index < -0.39 is 23.7 Å². The van der Waals surface area contributed by atoms with Gasteiger partial charge in [0.2, 0.25) is 11.8 Å². The van der Waals surface area contributed by atoms with E-state index in [1.165, 1.54) is 0 Å². The second kappa shape index (κ2) is 7.52. The molecule has 0 spiro atoms. The molecule has 2 amide bonds. The molecule has 0 radical (unpaired) electrons. The monoisotopic (exact) mass is 270 g/mol. The number of carbonyl (C=O) groups excluding carboxylic acids is 2. The van der Waals surface area contributed by atoms with Gasteiger partial charge in [0.25, 0.3) is 0 Å². The number of allylic oxidation sites excluding steroid dienone is 2. The van der Waals surface area contributed by atoms with Gasteiger partial charge in [0.15, 0.2) is 0 Å². The van der Waals surface area contributed by atoms with Crippen LogP contribution in [0, 0.1) is 11.8 Å². The van der Waals surface area contributed by atoms with Gasteiger partial charge in [0.1, 0.15) is 6.61 Å². The highest BCUT2D eigenvalue weighted by molar-refractivity contribution is 5.85. The van der Waals surface area contributed by atoms with E-state index >= 15 is 0 Å². The van der Waals surface area contributed by atoms with E-state index in [0.717, 1.165) is 0 Å². The highest BCUT2D eigenvalue weighted by Gasteiger charge is 2.33. The first-order valence-electron chi connectivity index (χ1n) is 6.04. The first-order valence-corrected chi connectivity index (χ1v) is 6.04. The number of nitrogens with two attached hydrogens (primary N) is 1. The van der Waals surface area contributed by atoms with Crippen LogP contribution in [0.2, 0.25) is 0 Å². The molecule has 19 heavy (non-hydrogen) atoms. The lowest BCUT2D eigenvalue weighted by atomic mass is 9.82. The van der Waals surface area contributed by atoms with E-state index in [2.05, 4.69) is 5.32 Å². The van der Waals surface area contributed by atoms with Crippen molar-refractivity contribution in [2.24, 2.45) is 17.6 Å². The molecule has 0 aromatic carbocycles. The molecule has 0 aromatic rings. The molecule has 106 valence electrons. The van der Waals surface area contributed by atoms with Crippen molar-refractivity contribution in [3.8, 4) is 0 Å². The summed E-state index contributed by atoms with van der Waals surface area (Å²) in [6.45, 7) is 0.188. The summed E-state index contributed by atoms with van der Waals surface area (Å²) in [5, 5.41) is 11.6. The average Bonchev–Trinajstić information content (AvgIpc) is 2.37. The number of hydrogen-bond acceptors (Lipinski definition) is 4. The van der Waals surface area contributed by atoms with Gasteiger partial charge in [-0.2, -0.15) is 0 Å². The Balaban J connectivity index is 2.33. The molecule has 0 fully saturated rings. The Kier molecular flexibility index (Phi) is 6.01. The minimum Gasteiger partial charge on any atom is -0.481 e. The number of hydrogen-bond donors (Lipinski definition) is 3. The van der Waals surface area contributed by atoms with Crippen molar-refractivity contribution in [2.45, 2.75) is 12.8 Å². The van der Waals surface area contributed by atoms with Crippen LogP contribution in [0.15, 0.2) is 12.2 Å². The van der Waals surface area contributed by atoms with Gasteiger partial charge in [-0.3, -0.25) is 14.4 Å². The first-order chi connectivity index (χ1) is 9.02. The number of carboxylic acids is 1. The zero-order chi connectivity index (χ0) is 14.3. The van der Waals surface area contributed by atoms with E-state index in [1.807, 2.05) is 6.08 Å². The number of primary amides is 1. The lowest BCUT2D eigenvalue weighted by molar-refractivity contribution is -0.147. The summed E-state index contributed by atoms with van der Waals surface area (Å²) in [7, 11) is 0. The summed E-state index contributed by atoms with van der Waals surface area (Å²) < 4.78 is 4.89. The van der Waals surface area contributed by atoms with Gasteiger partial charge in [0.05, 0.1) is 18.4 Å². The Morgan fingerprint density at radius 2 is 1.89 bits per heavy atom. The summed E-state index contributed by atoms with van der Waals surface area (Å²) in [5.41, 5.74) is 4.88. The average molecular weight is 270 g/mol. The van der Waals surface area contributed by atoms with Crippen molar-refractivity contribution < 1.29 is 24.2 Å². The summed E-state index contributed by atoms with van der Waals surface area (Å²) in [5.74, 6) is -3.08. The smallest absolute Gasteiger partial charge is 0.307 e. The fourth-order valence-corrected chi connectivity index (χ4v) is 1.93. The van der Waals surface area contributed by atoms with Crippen molar-refractivity contribution in [1.82, 2.24) is 5.32 Å². The standard InChI is InChI=1S/C12H18N2O5/c13-10(15)7-19-6-5-14-11(16)8-3-1-2-4-9(8)12(17)18/h1-2,8-9H,3-7H2,(H2,13,15)(H,14,16)(H,17,18)/t8-,9+/m1/s1. The van der Waals surface area contributed by atoms with Crippen molar-refractivity contribution in [3.05, 3.63) is 12.2 Å². The number of carbonyl (C=O) groups is 3. The van der Waals surface area contributed by atoms with Gasteiger partial charge in [-0.1, -0.05) is 12.2 Å². The second-order valence-electron chi connectivity index (χ2n) is 4.30. The normalized spacial score (nSPS) is 21.9. The molecule has 0 saturated carbocycles. The maximum atomic E-state index is 11.9. The van der Waals surface area contributed by atoms with Crippen LogP contribution in [0.25, 0.3) is 0 Å². The van der Waals surface area contributed by atoms with Crippen LogP contribution in [-0.2, 0) is 19.1 Å². The van der Waals surface area contributed by atoms with Crippen LogP contribution in [0.1, 0.15) is 12.8 Å². The highest BCUT2D eigenvalue weighted by atomic mass is 16.5. The highest BCUT2D eigenvalue weighted by Crippen LogP contribution is 2.25. The molecule has 4 N–H and O–H groups in total. The van der Waals surface area contributed by atoms with Gasteiger partial charge in [-0.15, -0.1) is 0 Å². The van der Waals surface area contributed by atoms with E-state index in [9.17, 15) is 14.4 Å². The van der Waals surface area contributed by atoms with Crippen LogP contribution in [0.3, 0.4) is 0 Å². The molecule has 7 heteroatoms. The molecule has 1 aliphatic carbocycles. The zero-order valence-electron chi connectivity index (χ0n) is 10.5. The Morgan fingerprint density at radius 3 is 2.47 bits per heavy atom. The van der Waals surface area contributed by atoms with Crippen LogP contribution in [0.4, 0.5) is 0 Å². The van der Waals surface area contributed by atoms with Crippen molar-refractivity contribution in [3.63, 3.8) is 0 Å². The SMILES string of the molecule is NC(=O)COCCNC(=O)[C@@H]1CC=CC[C@@H]1C(=O)O.